The highest BCUT2D eigenvalue weighted by Gasteiger charge is 2.29. The molecule has 0 fully saturated rings. The first-order chi connectivity index (χ1) is 16.2. The molecule has 4 N–H and O–H groups in total. The number of nitrogens with one attached hydrogen (secondary N) is 3. The van der Waals surface area contributed by atoms with Crippen molar-refractivity contribution in [2.75, 3.05) is 11.9 Å². The fraction of sp³-hybridized carbons (Fsp3) is 0.320. The summed E-state index contributed by atoms with van der Waals surface area (Å²) >= 11 is 0. The lowest BCUT2D eigenvalue weighted by atomic mass is 10.0. The van der Waals surface area contributed by atoms with E-state index in [2.05, 4.69) is 32.4 Å². The van der Waals surface area contributed by atoms with Crippen LogP contribution in [0.1, 0.15) is 37.2 Å². The van der Waals surface area contributed by atoms with Gasteiger partial charge in [0.25, 0.3) is 0 Å². The second kappa shape index (κ2) is 10.7. The molecule has 0 spiro atoms. The zero-order chi connectivity index (χ0) is 24.7. The van der Waals surface area contributed by atoms with Crippen molar-refractivity contribution >= 4 is 23.8 Å². The van der Waals surface area contributed by atoms with Gasteiger partial charge < -0.3 is 26.0 Å². The maximum atomic E-state index is 13.0. The Kier molecular flexibility index (Phi) is 7.76. The fourth-order valence-corrected chi connectivity index (χ4v) is 3.41. The minimum Gasteiger partial charge on any atom is -0.378 e. The molecule has 0 saturated heterocycles. The van der Waals surface area contributed by atoms with Crippen molar-refractivity contribution in [2.45, 2.75) is 44.8 Å². The van der Waals surface area contributed by atoms with Gasteiger partial charge in [-0.15, -0.1) is 0 Å². The minimum absolute atomic E-state index is 0.240. The van der Waals surface area contributed by atoms with Crippen molar-refractivity contribution in [3.63, 3.8) is 0 Å². The molecular weight excluding hydrogens is 432 g/mol. The van der Waals surface area contributed by atoms with E-state index in [1.165, 1.54) is 11.1 Å². The number of carbonyl (C=O) groups excluding carboxylic acids is 2. The van der Waals surface area contributed by atoms with Gasteiger partial charge >= 0.3 is 6.03 Å². The number of rotatable bonds is 5. The van der Waals surface area contributed by atoms with E-state index in [-0.39, 0.29) is 5.91 Å². The number of hydrogen-bond acceptors (Lipinski definition) is 6. The number of benzene rings is 1. The monoisotopic (exact) mass is 460 g/mol. The number of likely N-dealkylation sites (N-methyl/N-ethyl adjacent to an activating group) is 1. The Morgan fingerprint density at radius 1 is 1.35 bits per heavy atom. The fourth-order valence-electron chi connectivity index (χ4n) is 3.41. The first-order valence-electron chi connectivity index (χ1n) is 10.8. The molecule has 1 aliphatic heterocycles. The molecule has 0 aliphatic carbocycles. The topological polar surface area (TPSA) is 131 Å². The summed E-state index contributed by atoms with van der Waals surface area (Å²) in [5.74, 6) is 6.00. The van der Waals surface area contributed by atoms with Gasteiger partial charge in [-0.1, -0.05) is 17.9 Å². The van der Waals surface area contributed by atoms with Crippen LogP contribution in [0.2, 0.25) is 0 Å². The molecule has 0 bridgehead atoms. The predicted octanol–water partition coefficient (Wildman–Crippen LogP) is 1.95. The molecule has 3 amide bonds. The van der Waals surface area contributed by atoms with Gasteiger partial charge in [0.05, 0.1) is 0 Å². The first kappa shape index (κ1) is 24.6. The zero-order valence-electron chi connectivity index (χ0n) is 19.4. The third-order valence-corrected chi connectivity index (χ3v) is 5.15. The number of fused-ring (bicyclic) bond motifs is 1. The lowest BCUT2D eigenvalue weighted by molar-refractivity contribution is -0.120. The van der Waals surface area contributed by atoms with E-state index in [0.29, 0.717) is 36.2 Å². The molecule has 9 heteroatoms. The van der Waals surface area contributed by atoms with Gasteiger partial charge in [-0.05, 0) is 56.0 Å². The third-order valence-electron chi connectivity index (χ3n) is 5.15. The maximum absolute atomic E-state index is 13.0. The molecule has 1 aromatic heterocycles. The van der Waals surface area contributed by atoms with Crippen LogP contribution in [-0.2, 0) is 17.6 Å². The molecule has 0 radical (unpaired) electrons. The van der Waals surface area contributed by atoms with Gasteiger partial charge in [0.2, 0.25) is 5.91 Å². The van der Waals surface area contributed by atoms with Crippen molar-refractivity contribution in [3.05, 3.63) is 65.4 Å². The highest BCUT2D eigenvalue weighted by molar-refractivity contribution is 6.00. The van der Waals surface area contributed by atoms with E-state index in [9.17, 15) is 14.7 Å². The second-order valence-corrected chi connectivity index (χ2v) is 8.46. The number of allylic oxidation sites excluding steroid dienone is 1. The van der Waals surface area contributed by atoms with Crippen LogP contribution in [0.15, 0.2) is 48.4 Å². The number of carbonyl (C=O) groups is 2. The summed E-state index contributed by atoms with van der Waals surface area (Å²) in [6.07, 6.45) is 7.09. The first-order valence-corrected chi connectivity index (χ1v) is 10.8. The summed E-state index contributed by atoms with van der Waals surface area (Å²) in [5, 5.41) is 22.7. The highest BCUT2D eigenvalue weighted by Crippen LogP contribution is 2.27. The quantitative estimate of drug-likeness (QED) is 0.400. The largest absolute Gasteiger partial charge is 0.378 e. The molecule has 9 nitrogen and oxygen atoms in total. The summed E-state index contributed by atoms with van der Waals surface area (Å²) in [4.78, 5) is 35.3. The number of aryl methyl sites for hydroxylation is 1. The van der Waals surface area contributed by atoms with Crippen LogP contribution in [-0.4, -0.2) is 51.9 Å². The Labute approximate surface area is 198 Å². The van der Waals surface area contributed by atoms with Crippen LogP contribution in [0, 0.1) is 17.3 Å². The normalized spacial score (nSPS) is 16.0. The summed E-state index contributed by atoms with van der Waals surface area (Å²) in [6.45, 7) is 3.21. The minimum atomic E-state index is -1.11. The SMILES string of the molecule is CN1C(=O)[C@H](NC(=O)N/C=C(\C=N)Cc2ncccn2)CCc2ccc(C#CC(C)(C)O)cc21. The van der Waals surface area contributed by atoms with E-state index in [0.717, 1.165) is 17.5 Å². The molecule has 3 rings (SSSR count). The molecule has 0 saturated carbocycles. The smallest absolute Gasteiger partial charge is 0.319 e. The van der Waals surface area contributed by atoms with Crippen LogP contribution < -0.4 is 15.5 Å². The average molecular weight is 461 g/mol. The van der Waals surface area contributed by atoms with Gasteiger partial charge in [0.15, 0.2) is 0 Å². The van der Waals surface area contributed by atoms with Crippen molar-refractivity contribution < 1.29 is 14.7 Å². The molecule has 34 heavy (non-hydrogen) atoms. The van der Waals surface area contributed by atoms with E-state index in [1.54, 1.807) is 39.4 Å². The van der Waals surface area contributed by atoms with Gasteiger partial charge in [-0.25, -0.2) is 14.8 Å². The number of anilines is 1. The molecule has 2 aromatic rings. The van der Waals surface area contributed by atoms with Crippen molar-refractivity contribution in [1.29, 1.82) is 5.41 Å². The van der Waals surface area contributed by atoms with E-state index in [1.807, 2.05) is 18.2 Å². The molecule has 1 aliphatic rings. The number of aliphatic hydroxyl groups is 1. The lowest BCUT2D eigenvalue weighted by Crippen LogP contribution is -2.49. The molecule has 176 valence electrons. The number of hydrogen-bond donors (Lipinski definition) is 4. The van der Waals surface area contributed by atoms with Crippen molar-refractivity contribution in [2.24, 2.45) is 0 Å². The van der Waals surface area contributed by atoms with Crippen molar-refractivity contribution in [1.82, 2.24) is 20.6 Å². The Bertz CT molecular complexity index is 1160. The standard InChI is InChI=1S/C25H28N6O3/c1-25(2,34)10-9-17-5-6-19-7-8-20(23(32)31(3)21(19)13-17)30-24(33)29-16-18(15-26)14-22-27-11-4-12-28-22/h4-6,11-13,15-16,20,26,34H,7-8,14H2,1-3H3,(H2,29,30,33)/b18-16-,26-15?/t20-/m1/s1. The van der Waals surface area contributed by atoms with Crippen LogP contribution in [0.5, 0.6) is 0 Å². The number of amides is 3. The summed E-state index contributed by atoms with van der Waals surface area (Å²) < 4.78 is 0. The van der Waals surface area contributed by atoms with Crippen LogP contribution >= 0.6 is 0 Å². The second-order valence-electron chi connectivity index (χ2n) is 8.46. The number of urea groups is 1. The molecule has 0 unspecified atom stereocenters. The molecule has 1 aromatic carbocycles. The Morgan fingerprint density at radius 3 is 2.76 bits per heavy atom. The van der Waals surface area contributed by atoms with Gasteiger partial charge in [0.1, 0.15) is 17.5 Å². The Balaban J connectivity index is 1.66. The van der Waals surface area contributed by atoms with Crippen LogP contribution in [0.4, 0.5) is 10.5 Å². The summed E-state index contributed by atoms with van der Waals surface area (Å²) in [7, 11) is 1.67. The average Bonchev–Trinajstić information content (AvgIpc) is 2.92. The predicted molar refractivity (Wildman–Crippen MR) is 129 cm³/mol. The van der Waals surface area contributed by atoms with Gasteiger partial charge in [-0.2, -0.15) is 0 Å². The van der Waals surface area contributed by atoms with Gasteiger partial charge in [-0.3, -0.25) is 4.79 Å². The van der Waals surface area contributed by atoms with Crippen LogP contribution in [0.3, 0.4) is 0 Å². The van der Waals surface area contributed by atoms with Crippen molar-refractivity contribution in [3.8, 4) is 11.8 Å². The summed E-state index contributed by atoms with van der Waals surface area (Å²) in [5.41, 5.74) is 1.79. The highest BCUT2D eigenvalue weighted by atomic mass is 16.3. The molecule has 1 atom stereocenters. The lowest BCUT2D eigenvalue weighted by Gasteiger charge is -2.22. The van der Waals surface area contributed by atoms with E-state index >= 15 is 0 Å². The molecule has 2 heterocycles. The Morgan fingerprint density at radius 2 is 2.09 bits per heavy atom. The number of nitrogens with zero attached hydrogens (tertiary/aromatic N) is 3. The van der Waals surface area contributed by atoms with Gasteiger partial charge in [0, 0.05) is 49.5 Å². The summed E-state index contributed by atoms with van der Waals surface area (Å²) in [6, 6.07) is 6.04. The molecular formula is C25H28N6O3. The Hall–Kier alpha value is -4.03. The van der Waals surface area contributed by atoms with Crippen LogP contribution in [0.25, 0.3) is 0 Å². The number of aromatic nitrogens is 2. The maximum Gasteiger partial charge on any atom is 0.319 e. The zero-order valence-corrected chi connectivity index (χ0v) is 19.4. The van der Waals surface area contributed by atoms with E-state index in [4.69, 9.17) is 5.41 Å². The van der Waals surface area contributed by atoms with E-state index < -0.39 is 17.7 Å². The third kappa shape index (κ3) is 6.73.